The number of imidazole rings is 1. The van der Waals surface area contributed by atoms with Crippen LogP contribution < -0.4 is 0 Å². The summed E-state index contributed by atoms with van der Waals surface area (Å²) in [7, 11) is 1.94. The number of aryl methyl sites for hydroxylation is 2. The van der Waals surface area contributed by atoms with Crippen LogP contribution in [0, 0.1) is 5.82 Å². The Morgan fingerprint density at radius 3 is 2.58 bits per heavy atom. The number of hydrogen-bond donors (Lipinski definition) is 1. The molecule has 3 nitrogen and oxygen atoms in total. The van der Waals surface area contributed by atoms with E-state index in [9.17, 15) is 9.50 Å². The van der Waals surface area contributed by atoms with Crippen LogP contribution in [-0.2, 0) is 19.9 Å². The van der Waals surface area contributed by atoms with E-state index in [1.807, 2.05) is 17.8 Å². The number of aliphatic hydroxyl groups is 1. The van der Waals surface area contributed by atoms with Crippen LogP contribution in [0.4, 0.5) is 4.39 Å². The average Bonchev–Trinajstić information content (AvgIpc) is 2.75. The minimum atomic E-state index is -0.816. The van der Waals surface area contributed by atoms with Gasteiger partial charge >= 0.3 is 0 Å². The molecule has 1 heterocycles. The SMILES string of the molecule is Cn1ccnc1CCC(C)(O)Cc1ccc(F)cc1. The maximum atomic E-state index is 12.8. The molecule has 1 unspecified atom stereocenters. The zero-order valence-corrected chi connectivity index (χ0v) is 11.3. The van der Waals surface area contributed by atoms with Gasteiger partial charge in [0.05, 0.1) is 5.60 Å². The monoisotopic (exact) mass is 262 g/mol. The highest BCUT2D eigenvalue weighted by Crippen LogP contribution is 2.19. The molecule has 1 atom stereocenters. The molecule has 19 heavy (non-hydrogen) atoms. The second-order valence-electron chi connectivity index (χ2n) is 5.25. The lowest BCUT2D eigenvalue weighted by molar-refractivity contribution is 0.0509. The van der Waals surface area contributed by atoms with E-state index in [4.69, 9.17) is 0 Å². The summed E-state index contributed by atoms with van der Waals surface area (Å²) in [4.78, 5) is 4.24. The lowest BCUT2D eigenvalue weighted by Crippen LogP contribution is -2.28. The van der Waals surface area contributed by atoms with Gasteiger partial charge in [0.1, 0.15) is 11.6 Å². The highest BCUT2D eigenvalue weighted by molar-refractivity contribution is 5.18. The van der Waals surface area contributed by atoms with Crippen LogP contribution in [0.15, 0.2) is 36.7 Å². The Kier molecular flexibility index (Phi) is 4.00. The first-order valence-electron chi connectivity index (χ1n) is 6.39. The molecule has 1 aromatic heterocycles. The molecule has 0 amide bonds. The summed E-state index contributed by atoms with van der Waals surface area (Å²) in [5, 5.41) is 10.4. The summed E-state index contributed by atoms with van der Waals surface area (Å²) in [5.74, 6) is 0.704. The summed E-state index contributed by atoms with van der Waals surface area (Å²) in [6, 6.07) is 6.27. The molecule has 0 aliphatic rings. The second-order valence-corrected chi connectivity index (χ2v) is 5.25. The third-order valence-corrected chi connectivity index (χ3v) is 3.31. The van der Waals surface area contributed by atoms with E-state index in [2.05, 4.69) is 4.98 Å². The van der Waals surface area contributed by atoms with Crippen LogP contribution in [0.2, 0.25) is 0 Å². The highest BCUT2D eigenvalue weighted by Gasteiger charge is 2.21. The third kappa shape index (κ3) is 3.89. The average molecular weight is 262 g/mol. The Bertz CT molecular complexity index is 531. The normalized spacial score (nSPS) is 14.3. The van der Waals surface area contributed by atoms with Gasteiger partial charge in [-0.2, -0.15) is 0 Å². The Morgan fingerprint density at radius 2 is 2.00 bits per heavy atom. The minimum Gasteiger partial charge on any atom is -0.390 e. The zero-order valence-electron chi connectivity index (χ0n) is 11.3. The molecule has 0 aliphatic heterocycles. The maximum Gasteiger partial charge on any atom is 0.123 e. The molecule has 2 rings (SSSR count). The van der Waals surface area contributed by atoms with Gasteiger partial charge < -0.3 is 9.67 Å². The summed E-state index contributed by atoms with van der Waals surface area (Å²) in [5.41, 5.74) is 0.121. The van der Waals surface area contributed by atoms with Crippen molar-refractivity contribution in [1.82, 2.24) is 9.55 Å². The first kappa shape index (κ1) is 13.7. The summed E-state index contributed by atoms with van der Waals surface area (Å²) >= 11 is 0. The van der Waals surface area contributed by atoms with Gasteiger partial charge in [0.15, 0.2) is 0 Å². The maximum absolute atomic E-state index is 12.8. The van der Waals surface area contributed by atoms with E-state index >= 15 is 0 Å². The molecule has 0 saturated carbocycles. The summed E-state index contributed by atoms with van der Waals surface area (Å²) < 4.78 is 14.8. The van der Waals surface area contributed by atoms with Crippen molar-refractivity contribution in [1.29, 1.82) is 0 Å². The minimum absolute atomic E-state index is 0.253. The number of hydrogen-bond acceptors (Lipinski definition) is 2. The number of benzene rings is 1. The van der Waals surface area contributed by atoms with E-state index in [0.717, 1.165) is 17.8 Å². The topological polar surface area (TPSA) is 38.0 Å². The van der Waals surface area contributed by atoms with Crippen molar-refractivity contribution in [2.75, 3.05) is 0 Å². The van der Waals surface area contributed by atoms with E-state index < -0.39 is 5.60 Å². The Hall–Kier alpha value is -1.68. The van der Waals surface area contributed by atoms with Gasteiger partial charge in [-0.3, -0.25) is 0 Å². The molecule has 1 N–H and O–H groups in total. The molecule has 0 radical (unpaired) electrons. The Labute approximate surface area is 112 Å². The second kappa shape index (κ2) is 5.53. The molecule has 0 aliphatic carbocycles. The van der Waals surface area contributed by atoms with Gasteiger partial charge in [0.2, 0.25) is 0 Å². The number of halogens is 1. The van der Waals surface area contributed by atoms with E-state index in [-0.39, 0.29) is 5.82 Å². The van der Waals surface area contributed by atoms with Gasteiger partial charge in [0, 0.05) is 32.3 Å². The van der Waals surface area contributed by atoms with Crippen molar-refractivity contribution < 1.29 is 9.50 Å². The van der Waals surface area contributed by atoms with Crippen molar-refractivity contribution in [2.45, 2.75) is 31.8 Å². The molecule has 4 heteroatoms. The highest BCUT2D eigenvalue weighted by atomic mass is 19.1. The van der Waals surface area contributed by atoms with Crippen LogP contribution >= 0.6 is 0 Å². The van der Waals surface area contributed by atoms with E-state index in [1.54, 1.807) is 25.3 Å². The van der Waals surface area contributed by atoms with Crippen LogP contribution in [0.25, 0.3) is 0 Å². The van der Waals surface area contributed by atoms with Crippen molar-refractivity contribution in [2.24, 2.45) is 7.05 Å². The van der Waals surface area contributed by atoms with Gasteiger partial charge in [-0.15, -0.1) is 0 Å². The summed E-state index contributed by atoms with van der Waals surface area (Å²) in [6.07, 6.45) is 5.50. The Balaban J connectivity index is 1.94. The molecule has 102 valence electrons. The van der Waals surface area contributed by atoms with Crippen molar-refractivity contribution in [3.63, 3.8) is 0 Å². The standard InChI is InChI=1S/C15H19FN2O/c1-15(19,8-7-14-17-9-10-18(14)2)11-12-3-5-13(16)6-4-12/h3-6,9-10,19H,7-8,11H2,1-2H3. The van der Waals surface area contributed by atoms with Gasteiger partial charge in [-0.1, -0.05) is 12.1 Å². The largest absolute Gasteiger partial charge is 0.390 e. The van der Waals surface area contributed by atoms with Gasteiger partial charge in [0.25, 0.3) is 0 Å². The molecular weight excluding hydrogens is 243 g/mol. The number of aromatic nitrogens is 2. The predicted molar refractivity (Wildman–Crippen MR) is 72.3 cm³/mol. The van der Waals surface area contributed by atoms with Gasteiger partial charge in [-0.25, -0.2) is 9.37 Å². The van der Waals surface area contributed by atoms with Crippen LogP contribution in [0.1, 0.15) is 24.7 Å². The van der Waals surface area contributed by atoms with Crippen molar-refractivity contribution in [3.8, 4) is 0 Å². The summed E-state index contributed by atoms with van der Waals surface area (Å²) in [6.45, 7) is 1.80. The predicted octanol–water partition coefficient (Wildman–Crippen LogP) is 2.49. The van der Waals surface area contributed by atoms with Crippen LogP contribution in [0.3, 0.4) is 0 Å². The first-order valence-corrected chi connectivity index (χ1v) is 6.39. The fourth-order valence-electron chi connectivity index (χ4n) is 2.15. The van der Waals surface area contributed by atoms with Crippen molar-refractivity contribution in [3.05, 3.63) is 53.9 Å². The molecule has 0 spiro atoms. The molecule has 0 saturated heterocycles. The zero-order chi connectivity index (χ0) is 13.9. The first-order chi connectivity index (χ1) is 8.96. The number of rotatable bonds is 5. The molecule has 1 aromatic carbocycles. The van der Waals surface area contributed by atoms with Gasteiger partial charge in [-0.05, 0) is 31.0 Å². The molecular formula is C15H19FN2O. The Morgan fingerprint density at radius 1 is 1.32 bits per heavy atom. The molecule has 0 fully saturated rings. The van der Waals surface area contributed by atoms with Crippen LogP contribution in [-0.4, -0.2) is 20.3 Å². The lowest BCUT2D eigenvalue weighted by atomic mass is 9.92. The van der Waals surface area contributed by atoms with Crippen LogP contribution in [0.5, 0.6) is 0 Å². The quantitative estimate of drug-likeness (QED) is 0.899. The molecule has 2 aromatic rings. The lowest BCUT2D eigenvalue weighted by Gasteiger charge is -2.23. The van der Waals surface area contributed by atoms with E-state index in [1.165, 1.54) is 12.1 Å². The fourth-order valence-corrected chi connectivity index (χ4v) is 2.15. The van der Waals surface area contributed by atoms with E-state index in [0.29, 0.717) is 12.8 Å². The third-order valence-electron chi connectivity index (χ3n) is 3.31. The molecule has 0 bridgehead atoms. The number of nitrogens with zero attached hydrogens (tertiary/aromatic N) is 2. The smallest absolute Gasteiger partial charge is 0.123 e. The van der Waals surface area contributed by atoms with Crippen molar-refractivity contribution >= 4 is 0 Å². The fraction of sp³-hybridized carbons (Fsp3) is 0.400.